The molecule has 0 unspecified atom stereocenters. The van der Waals surface area contributed by atoms with Crippen molar-refractivity contribution < 1.29 is 4.39 Å². The summed E-state index contributed by atoms with van der Waals surface area (Å²) < 4.78 is 13.5. The van der Waals surface area contributed by atoms with Crippen LogP contribution >= 0.6 is 11.6 Å². The first-order chi connectivity index (χ1) is 13.1. The molecule has 0 amide bonds. The predicted octanol–water partition coefficient (Wildman–Crippen LogP) is 4.55. The molecular weight excluding hydrogens is 365 g/mol. The molecule has 1 fully saturated rings. The number of benzene rings is 1. The van der Waals surface area contributed by atoms with Gasteiger partial charge in [0.25, 0.3) is 0 Å². The molecule has 4 rings (SSSR count). The summed E-state index contributed by atoms with van der Waals surface area (Å²) in [4.78, 5) is 20.2. The van der Waals surface area contributed by atoms with Crippen molar-refractivity contribution in [2.45, 2.75) is 26.2 Å². The summed E-state index contributed by atoms with van der Waals surface area (Å²) in [5.41, 5.74) is 2.73. The first-order valence-corrected chi connectivity index (χ1v) is 9.44. The lowest BCUT2D eigenvalue weighted by atomic mass is 10.2. The van der Waals surface area contributed by atoms with Crippen LogP contribution < -0.4 is 4.90 Å². The highest BCUT2D eigenvalue weighted by molar-refractivity contribution is 6.29. The molecule has 3 aromatic rings. The van der Waals surface area contributed by atoms with Gasteiger partial charge in [0.2, 0.25) is 0 Å². The van der Waals surface area contributed by atoms with E-state index in [-0.39, 0.29) is 5.82 Å². The summed E-state index contributed by atoms with van der Waals surface area (Å²) in [6.07, 6.45) is 6.64. The highest BCUT2D eigenvalue weighted by atomic mass is 35.5. The number of aromatic nitrogens is 4. The molecule has 0 bridgehead atoms. The Morgan fingerprint density at radius 1 is 1.04 bits per heavy atom. The number of hydrogen-bond donors (Lipinski definition) is 0. The number of rotatable bonds is 4. The van der Waals surface area contributed by atoms with Gasteiger partial charge in [-0.25, -0.2) is 24.3 Å². The van der Waals surface area contributed by atoms with Gasteiger partial charge in [-0.1, -0.05) is 18.5 Å². The van der Waals surface area contributed by atoms with Gasteiger partial charge in [0.1, 0.15) is 16.8 Å². The van der Waals surface area contributed by atoms with E-state index in [1.54, 1.807) is 18.2 Å². The second-order valence-corrected chi connectivity index (χ2v) is 6.86. The van der Waals surface area contributed by atoms with E-state index in [4.69, 9.17) is 11.6 Å². The van der Waals surface area contributed by atoms with Crippen LogP contribution in [0.25, 0.3) is 23.2 Å². The number of fused-ring (bicyclic) bond motifs is 1. The topological polar surface area (TPSA) is 54.8 Å². The van der Waals surface area contributed by atoms with Crippen LogP contribution in [-0.2, 0) is 6.42 Å². The Morgan fingerprint density at radius 2 is 1.85 bits per heavy atom. The molecule has 0 saturated carbocycles. The zero-order valence-corrected chi connectivity index (χ0v) is 15.7. The smallest absolute Gasteiger partial charge is 0.156 e. The van der Waals surface area contributed by atoms with Gasteiger partial charge in [-0.3, -0.25) is 0 Å². The van der Waals surface area contributed by atoms with Crippen LogP contribution in [0.15, 0.2) is 24.3 Å². The van der Waals surface area contributed by atoms with Gasteiger partial charge in [-0.15, -0.1) is 0 Å². The molecule has 2 aromatic heterocycles. The first kappa shape index (κ1) is 17.8. The quantitative estimate of drug-likeness (QED) is 0.619. The van der Waals surface area contributed by atoms with Crippen molar-refractivity contribution >= 4 is 40.6 Å². The van der Waals surface area contributed by atoms with Crippen LogP contribution in [-0.4, -0.2) is 33.0 Å². The van der Waals surface area contributed by atoms with Crippen molar-refractivity contribution in [1.82, 2.24) is 19.9 Å². The van der Waals surface area contributed by atoms with Crippen molar-refractivity contribution in [3.63, 3.8) is 0 Å². The molecule has 7 heteroatoms. The molecule has 138 valence electrons. The third-order valence-electron chi connectivity index (χ3n) is 4.58. The van der Waals surface area contributed by atoms with Crippen LogP contribution in [0.5, 0.6) is 0 Å². The normalized spacial score (nSPS) is 14.6. The minimum atomic E-state index is -0.329. The molecule has 1 aromatic carbocycles. The van der Waals surface area contributed by atoms with Crippen molar-refractivity contribution in [1.29, 1.82) is 0 Å². The lowest BCUT2D eigenvalue weighted by molar-refractivity contribution is 0.629. The Bertz CT molecular complexity index is 1010. The van der Waals surface area contributed by atoms with Crippen LogP contribution in [0.2, 0.25) is 5.15 Å². The first-order valence-electron chi connectivity index (χ1n) is 9.06. The van der Waals surface area contributed by atoms with Gasteiger partial charge in [-0.05, 0) is 43.5 Å². The van der Waals surface area contributed by atoms with E-state index < -0.39 is 0 Å². The molecule has 0 spiro atoms. The Labute approximate surface area is 162 Å². The summed E-state index contributed by atoms with van der Waals surface area (Å²) in [6, 6.07) is 6.22. The van der Waals surface area contributed by atoms with Crippen molar-refractivity contribution in [2.24, 2.45) is 0 Å². The van der Waals surface area contributed by atoms with E-state index in [0.29, 0.717) is 27.7 Å². The Morgan fingerprint density at radius 3 is 2.63 bits per heavy atom. The van der Waals surface area contributed by atoms with E-state index in [1.165, 1.54) is 12.1 Å². The van der Waals surface area contributed by atoms with Gasteiger partial charge < -0.3 is 4.90 Å². The molecular formula is C20H19ClFN5. The molecule has 3 heterocycles. The fourth-order valence-corrected chi connectivity index (χ4v) is 3.41. The number of anilines is 1. The predicted molar refractivity (Wildman–Crippen MR) is 106 cm³/mol. The fraction of sp³-hybridized carbons (Fsp3) is 0.300. The summed E-state index contributed by atoms with van der Waals surface area (Å²) in [5, 5.41) is 0.411. The maximum atomic E-state index is 13.5. The van der Waals surface area contributed by atoms with Crippen LogP contribution in [0.3, 0.4) is 0 Å². The zero-order valence-electron chi connectivity index (χ0n) is 15.0. The van der Waals surface area contributed by atoms with Gasteiger partial charge in [0.15, 0.2) is 5.82 Å². The van der Waals surface area contributed by atoms with Crippen molar-refractivity contribution in [2.75, 3.05) is 18.0 Å². The van der Waals surface area contributed by atoms with E-state index >= 15 is 0 Å². The van der Waals surface area contributed by atoms with Crippen LogP contribution in [0.4, 0.5) is 10.2 Å². The van der Waals surface area contributed by atoms with Crippen molar-refractivity contribution in [3.8, 4) is 0 Å². The summed E-state index contributed by atoms with van der Waals surface area (Å²) >= 11 is 6.18. The van der Waals surface area contributed by atoms with Crippen molar-refractivity contribution in [3.05, 3.63) is 52.4 Å². The van der Waals surface area contributed by atoms with E-state index in [0.717, 1.165) is 43.9 Å². The molecule has 0 N–H and O–H groups in total. The van der Waals surface area contributed by atoms with Crippen LogP contribution in [0, 0.1) is 5.82 Å². The van der Waals surface area contributed by atoms with Gasteiger partial charge >= 0.3 is 0 Å². The lowest BCUT2D eigenvalue weighted by Gasteiger charge is -2.16. The molecule has 0 atom stereocenters. The highest BCUT2D eigenvalue weighted by Crippen LogP contribution is 2.22. The SMILES string of the molecule is CCc1nc2ccc(F)cc2nc1/C=C/c1nc(Cl)cc(N2CCCC2)n1. The Kier molecular flexibility index (Phi) is 4.99. The minimum absolute atomic E-state index is 0.329. The molecule has 5 nitrogen and oxygen atoms in total. The average molecular weight is 384 g/mol. The maximum Gasteiger partial charge on any atom is 0.156 e. The summed E-state index contributed by atoms with van der Waals surface area (Å²) in [5.74, 6) is 1.03. The minimum Gasteiger partial charge on any atom is -0.356 e. The maximum absolute atomic E-state index is 13.5. The molecule has 0 aliphatic carbocycles. The largest absolute Gasteiger partial charge is 0.356 e. The second kappa shape index (κ2) is 7.56. The third kappa shape index (κ3) is 3.90. The fourth-order valence-electron chi connectivity index (χ4n) is 3.23. The van der Waals surface area contributed by atoms with Gasteiger partial charge in [0.05, 0.1) is 22.4 Å². The number of nitrogens with zero attached hydrogens (tertiary/aromatic N) is 5. The standard InChI is InChI=1S/C20H19ClFN5/c1-2-14-15(24-17-11-13(22)5-6-16(17)23-14)7-8-19-25-18(21)12-20(26-19)27-9-3-4-10-27/h5-8,11-12H,2-4,9-10H2,1H3/b8-7+. The molecule has 1 aliphatic rings. The summed E-state index contributed by atoms with van der Waals surface area (Å²) in [6.45, 7) is 3.98. The van der Waals surface area contributed by atoms with Gasteiger partial charge in [0, 0.05) is 25.2 Å². The van der Waals surface area contributed by atoms with Crippen LogP contribution in [0.1, 0.15) is 37.0 Å². The number of hydrogen-bond acceptors (Lipinski definition) is 5. The van der Waals surface area contributed by atoms with E-state index in [9.17, 15) is 4.39 Å². The monoisotopic (exact) mass is 383 g/mol. The number of aryl methyl sites for hydroxylation is 1. The molecule has 1 aliphatic heterocycles. The Balaban J connectivity index is 1.69. The zero-order chi connectivity index (χ0) is 18.8. The third-order valence-corrected chi connectivity index (χ3v) is 4.78. The Hall–Kier alpha value is -2.60. The highest BCUT2D eigenvalue weighted by Gasteiger charge is 2.15. The second-order valence-electron chi connectivity index (χ2n) is 6.48. The average Bonchev–Trinajstić information content (AvgIpc) is 3.20. The number of halogens is 2. The molecule has 0 radical (unpaired) electrons. The molecule has 1 saturated heterocycles. The van der Waals surface area contributed by atoms with Gasteiger partial charge in [-0.2, -0.15) is 0 Å². The molecule has 27 heavy (non-hydrogen) atoms. The summed E-state index contributed by atoms with van der Waals surface area (Å²) in [7, 11) is 0. The van der Waals surface area contributed by atoms with E-state index in [2.05, 4.69) is 24.8 Å². The lowest BCUT2D eigenvalue weighted by Crippen LogP contribution is -2.19. The van der Waals surface area contributed by atoms with E-state index in [1.807, 2.05) is 13.0 Å².